The molecule has 0 aromatic rings. The number of allylic oxidation sites excluding steroid dienone is 4. The third-order valence-corrected chi connectivity index (χ3v) is 1.72. The van der Waals surface area contributed by atoms with E-state index in [9.17, 15) is 0 Å². The van der Waals surface area contributed by atoms with Gasteiger partial charge in [0, 0.05) is 37.7 Å². The maximum atomic E-state index is 5.72. The third kappa shape index (κ3) is 2.39. The average Bonchev–Trinajstić information content (AvgIpc) is 1.85. The molecule has 0 nitrogen and oxygen atoms in total. The van der Waals surface area contributed by atoms with Crippen LogP contribution in [0.2, 0.25) is 0 Å². The molecule has 2 heteroatoms. The Balaban J connectivity index is 0.000000640. The molecule has 0 heterocycles. The van der Waals surface area contributed by atoms with Gasteiger partial charge in [-0.2, -0.15) is 0 Å². The van der Waals surface area contributed by atoms with Crippen LogP contribution >= 0.6 is 11.6 Å². The van der Waals surface area contributed by atoms with Crippen LogP contribution in [0.15, 0.2) is 22.3 Å². The summed E-state index contributed by atoms with van der Waals surface area (Å²) in [6.07, 6.45) is 2.99. The molecule has 0 atom stereocenters. The number of hydrogen-bond donors (Lipinski definition) is 0. The molecule has 48 valence electrons. The van der Waals surface area contributed by atoms with Crippen molar-refractivity contribution in [1.82, 2.24) is 0 Å². The number of halogens is 1. The first-order valence-corrected chi connectivity index (χ1v) is 3.10. The van der Waals surface area contributed by atoms with Gasteiger partial charge in [0.05, 0.1) is 0 Å². The van der Waals surface area contributed by atoms with Crippen LogP contribution in [0.25, 0.3) is 0 Å². The summed E-state index contributed by atoms with van der Waals surface area (Å²) in [5.41, 5.74) is 2.73. The van der Waals surface area contributed by atoms with Crippen molar-refractivity contribution in [3.63, 3.8) is 0 Å². The van der Waals surface area contributed by atoms with Gasteiger partial charge in [-0.15, -0.1) is 0 Å². The molecule has 1 rings (SSSR count). The zero-order chi connectivity index (χ0) is 6.15. The van der Waals surface area contributed by atoms with E-state index in [1.165, 1.54) is 11.1 Å². The first-order chi connectivity index (χ1) is 3.70. The van der Waals surface area contributed by atoms with E-state index >= 15 is 0 Å². The van der Waals surface area contributed by atoms with Crippen LogP contribution in [0, 0.1) is 0 Å². The van der Waals surface area contributed by atoms with Gasteiger partial charge in [0.15, 0.2) is 0 Å². The maximum Gasteiger partial charge on any atom is 0.0224 e. The van der Waals surface area contributed by atoms with Crippen LogP contribution in [-0.2, 0) is 26.2 Å². The van der Waals surface area contributed by atoms with Crippen molar-refractivity contribution in [1.29, 1.82) is 0 Å². The Hall–Kier alpha value is 0.653. The Morgan fingerprint density at radius 2 is 2.00 bits per heavy atom. The van der Waals surface area contributed by atoms with Gasteiger partial charge in [-0.05, 0) is 19.9 Å². The fraction of sp³-hybridized carbons (Fsp3) is 0.429. The summed E-state index contributed by atoms with van der Waals surface area (Å²) < 4.78 is 0. The minimum absolute atomic E-state index is 0. The molecule has 0 unspecified atom stereocenters. The summed E-state index contributed by atoms with van der Waals surface area (Å²) in [6.45, 7) is 4.20. The van der Waals surface area contributed by atoms with Gasteiger partial charge in [0.1, 0.15) is 0 Å². The minimum Gasteiger partial charge on any atom is -0.0888 e. The normalized spacial score (nSPS) is 17.4. The van der Waals surface area contributed by atoms with Crippen molar-refractivity contribution in [2.75, 3.05) is 0 Å². The summed E-state index contributed by atoms with van der Waals surface area (Å²) in [5.74, 6) is 0. The average molecular weight is 220 g/mol. The zero-order valence-electron chi connectivity index (χ0n) is 5.66. The molecule has 0 saturated carbocycles. The predicted molar refractivity (Wildman–Crippen MR) is 36.9 cm³/mol. The van der Waals surface area contributed by atoms with Gasteiger partial charge >= 0.3 is 0 Å². The van der Waals surface area contributed by atoms with Gasteiger partial charge in [0.25, 0.3) is 0 Å². The van der Waals surface area contributed by atoms with Crippen molar-refractivity contribution in [3.8, 4) is 0 Å². The SMILES string of the molecule is CC1=C(C)CC(Cl)=C1.[Zr]. The van der Waals surface area contributed by atoms with Crippen LogP contribution in [0.5, 0.6) is 0 Å². The second kappa shape index (κ2) is 3.73. The Bertz CT molecular complexity index is 168. The second-order valence-electron chi connectivity index (χ2n) is 2.23. The summed E-state index contributed by atoms with van der Waals surface area (Å²) in [7, 11) is 0. The summed E-state index contributed by atoms with van der Waals surface area (Å²) in [5, 5.41) is 0.972. The molecule has 0 aromatic heterocycles. The van der Waals surface area contributed by atoms with E-state index in [1.54, 1.807) is 0 Å². The molecular formula is C7H9ClZr. The number of hydrogen-bond acceptors (Lipinski definition) is 0. The van der Waals surface area contributed by atoms with E-state index < -0.39 is 0 Å². The molecule has 0 bridgehead atoms. The van der Waals surface area contributed by atoms with Crippen LogP contribution < -0.4 is 0 Å². The van der Waals surface area contributed by atoms with E-state index in [0.717, 1.165) is 11.5 Å². The van der Waals surface area contributed by atoms with Gasteiger partial charge < -0.3 is 0 Å². The molecular weight excluding hydrogens is 211 g/mol. The Kier molecular flexibility index (Phi) is 4.00. The Labute approximate surface area is 80.1 Å². The van der Waals surface area contributed by atoms with Crippen molar-refractivity contribution in [2.24, 2.45) is 0 Å². The molecule has 0 aromatic carbocycles. The van der Waals surface area contributed by atoms with Gasteiger partial charge in [-0.1, -0.05) is 22.7 Å². The Morgan fingerprint density at radius 3 is 2.11 bits per heavy atom. The van der Waals surface area contributed by atoms with Crippen LogP contribution in [-0.4, -0.2) is 0 Å². The fourth-order valence-electron chi connectivity index (χ4n) is 0.802. The Morgan fingerprint density at radius 1 is 1.44 bits per heavy atom. The van der Waals surface area contributed by atoms with E-state index in [2.05, 4.69) is 13.8 Å². The molecule has 0 spiro atoms. The standard InChI is InChI=1S/C7H9Cl.Zr/c1-5-3-7(8)4-6(5)2;/h3H,4H2,1-2H3;. The minimum atomic E-state index is 0. The molecule has 1 aliphatic carbocycles. The predicted octanol–water partition coefficient (Wildman–Crippen LogP) is 2.85. The van der Waals surface area contributed by atoms with Crippen molar-refractivity contribution in [3.05, 3.63) is 22.3 Å². The second-order valence-corrected chi connectivity index (χ2v) is 2.72. The summed E-state index contributed by atoms with van der Waals surface area (Å²) in [6, 6.07) is 0. The summed E-state index contributed by atoms with van der Waals surface area (Å²) in [4.78, 5) is 0. The van der Waals surface area contributed by atoms with Gasteiger partial charge in [-0.3, -0.25) is 0 Å². The quantitative estimate of drug-likeness (QED) is 0.588. The molecule has 9 heavy (non-hydrogen) atoms. The molecule has 0 aliphatic heterocycles. The van der Waals surface area contributed by atoms with Gasteiger partial charge in [0.2, 0.25) is 0 Å². The zero-order valence-corrected chi connectivity index (χ0v) is 8.88. The van der Waals surface area contributed by atoms with E-state index in [4.69, 9.17) is 11.6 Å². The van der Waals surface area contributed by atoms with Crippen molar-refractivity contribution >= 4 is 11.6 Å². The van der Waals surface area contributed by atoms with Crippen LogP contribution in [0.3, 0.4) is 0 Å². The molecule has 0 fully saturated rings. The van der Waals surface area contributed by atoms with Crippen LogP contribution in [0.1, 0.15) is 20.3 Å². The number of rotatable bonds is 0. The largest absolute Gasteiger partial charge is 0.0888 e. The van der Waals surface area contributed by atoms with Crippen LogP contribution in [0.4, 0.5) is 0 Å². The van der Waals surface area contributed by atoms with Crippen molar-refractivity contribution in [2.45, 2.75) is 20.3 Å². The molecule has 0 saturated heterocycles. The smallest absolute Gasteiger partial charge is 0.0224 e. The van der Waals surface area contributed by atoms with E-state index in [1.807, 2.05) is 6.08 Å². The molecule has 0 N–H and O–H groups in total. The van der Waals surface area contributed by atoms with E-state index in [0.29, 0.717) is 0 Å². The van der Waals surface area contributed by atoms with Crippen molar-refractivity contribution < 1.29 is 26.2 Å². The topological polar surface area (TPSA) is 0 Å². The maximum absolute atomic E-state index is 5.72. The molecule has 0 radical (unpaired) electrons. The third-order valence-electron chi connectivity index (χ3n) is 1.48. The first-order valence-electron chi connectivity index (χ1n) is 2.72. The molecule has 0 amide bonds. The summed E-state index contributed by atoms with van der Waals surface area (Å²) >= 11 is 5.72. The molecule has 1 aliphatic rings. The van der Waals surface area contributed by atoms with E-state index in [-0.39, 0.29) is 26.2 Å². The first kappa shape index (κ1) is 9.65. The van der Waals surface area contributed by atoms with Gasteiger partial charge in [-0.25, -0.2) is 0 Å². The fourth-order valence-corrected chi connectivity index (χ4v) is 1.17. The monoisotopic (exact) mass is 218 g/mol.